The van der Waals surface area contributed by atoms with Crippen LogP contribution in [0.1, 0.15) is 60.5 Å². The quantitative estimate of drug-likeness (QED) is 0.723. The number of likely N-dealkylation sites (tertiary alicyclic amines) is 1. The number of halogens is 3. The summed E-state index contributed by atoms with van der Waals surface area (Å²) in [6.45, 7) is 3.61. The van der Waals surface area contributed by atoms with Gasteiger partial charge in [-0.15, -0.1) is 0 Å². The van der Waals surface area contributed by atoms with E-state index in [1.807, 2.05) is 43.3 Å². The second kappa shape index (κ2) is 8.99. The normalized spacial score (nSPS) is 29.3. The van der Waals surface area contributed by atoms with Gasteiger partial charge in [0.2, 0.25) is 5.91 Å². The minimum absolute atomic E-state index is 0.0428. The minimum atomic E-state index is -4.31. The summed E-state index contributed by atoms with van der Waals surface area (Å²) in [5.41, 5.74) is 4.13. The minimum Gasteiger partial charge on any atom is -0.339 e. The standard InChI is InChI=1S/C27H32F3N3O/c1-18-9-10-22-24(32-18)8-5-12-26(22)17-31-16-23(26)25(34)33-13-11-20(19-6-3-2-4-7-19)14-21(33)15-27(28,29)30/h2-4,6-7,9-10,20-21,23,31H,5,8,11-17H2,1H3/p+1/t20-,21+,23+,26+/m1/s1. The lowest BCUT2D eigenvalue weighted by atomic mass is 9.65. The lowest BCUT2D eigenvalue weighted by Crippen LogP contribution is -2.54. The molecule has 0 radical (unpaired) electrons. The van der Waals surface area contributed by atoms with Crippen LogP contribution in [0.5, 0.6) is 0 Å². The van der Waals surface area contributed by atoms with Crippen molar-refractivity contribution in [2.45, 2.75) is 69.0 Å². The highest BCUT2D eigenvalue weighted by molar-refractivity contribution is 5.82. The van der Waals surface area contributed by atoms with E-state index in [2.05, 4.69) is 16.4 Å². The highest BCUT2D eigenvalue weighted by atomic mass is 19.4. The monoisotopic (exact) mass is 472 g/mol. The lowest BCUT2D eigenvalue weighted by Gasteiger charge is -2.44. The van der Waals surface area contributed by atoms with Gasteiger partial charge >= 0.3 is 6.18 Å². The summed E-state index contributed by atoms with van der Waals surface area (Å²) in [7, 11) is 0. The molecule has 34 heavy (non-hydrogen) atoms. The first-order valence-electron chi connectivity index (χ1n) is 12.4. The fourth-order valence-electron chi connectivity index (χ4n) is 6.69. The fraction of sp³-hybridized carbons (Fsp3) is 0.556. The van der Waals surface area contributed by atoms with Crippen LogP contribution in [0.2, 0.25) is 0 Å². The van der Waals surface area contributed by atoms with Crippen LogP contribution in [0, 0.1) is 12.8 Å². The van der Waals surface area contributed by atoms with Gasteiger partial charge in [-0.1, -0.05) is 30.3 Å². The lowest BCUT2D eigenvalue weighted by molar-refractivity contribution is -0.401. The Hall–Kier alpha value is -2.41. The van der Waals surface area contributed by atoms with Crippen LogP contribution >= 0.6 is 0 Å². The second-order valence-electron chi connectivity index (χ2n) is 10.4. The van der Waals surface area contributed by atoms with Gasteiger partial charge in [-0.05, 0) is 43.2 Å². The Kier molecular flexibility index (Phi) is 6.17. The number of carbonyl (C=O) groups excluding carboxylic acids is 1. The molecule has 3 heterocycles. The predicted molar refractivity (Wildman–Crippen MR) is 123 cm³/mol. The number of amides is 1. The summed E-state index contributed by atoms with van der Waals surface area (Å²) in [6.07, 6.45) is -1.41. The Labute approximate surface area is 198 Å². The molecule has 0 saturated carbocycles. The van der Waals surface area contributed by atoms with Gasteiger partial charge < -0.3 is 10.2 Å². The van der Waals surface area contributed by atoms with Crippen molar-refractivity contribution in [1.82, 2.24) is 10.2 Å². The van der Waals surface area contributed by atoms with Crippen LogP contribution in [-0.2, 0) is 16.6 Å². The number of pyridine rings is 1. The second-order valence-corrected chi connectivity index (χ2v) is 10.4. The predicted octanol–water partition coefficient (Wildman–Crippen LogP) is 4.33. The first kappa shape index (κ1) is 23.3. The molecule has 1 spiro atoms. The largest absolute Gasteiger partial charge is 0.391 e. The SMILES string of the molecule is Cc1ccc2c([nH+]1)CCC[C@]21CNC[C@H]1C(=O)N1CC[C@@H](c2ccccc2)C[C@H]1CC(F)(F)F. The zero-order valence-corrected chi connectivity index (χ0v) is 19.6. The van der Waals surface area contributed by atoms with E-state index in [9.17, 15) is 18.0 Å². The molecule has 0 bridgehead atoms. The molecule has 1 aliphatic carbocycles. The molecule has 1 aromatic heterocycles. The molecule has 0 unspecified atom stereocenters. The molecule has 2 aromatic rings. The number of aryl methyl sites for hydroxylation is 2. The summed E-state index contributed by atoms with van der Waals surface area (Å²) >= 11 is 0. The molecule has 7 heteroatoms. The molecule has 2 aliphatic heterocycles. The number of nitrogens with one attached hydrogen (secondary N) is 2. The van der Waals surface area contributed by atoms with Crippen molar-refractivity contribution in [2.24, 2.45) is 5.92 Å². The van der Waals surface area contributed by atoms with Gasteiger partial charge in [-0.2, -0.15) is 13.2 Å². The number of alkyl halides is 3. The van der Waals surface area contributed by atoms with Crippen LogP contribution in [0.25, 0.3) is 0 Å². The Morgan fingerprint density at radius 1 is 1.21 bits per heavy atom. The number of rotatable bonds is 3. The van der Waals surface area contributed by atoms with Crippen molar-refractivity contribution in [3.63, 3.8) is 0 Å². The van der Waals surface area contributed by atoms with Gasteiger partial charge in [0.15, 0.2) is 11.4 Å². The van der Waals surface area contributed by atoms with Gasteiger partial charge in [0.1, 0.15) is 0 Å². The van der Waals surface area contributed by atoms with Crippen molar-refractivity contribution < 1.29 is 22.9 Å². The molecule has 4 atom stereocenters. The molecule has 182 valence electrons. The Bertz CT molecular complexity index is 1040. The van der Waals surface area contributed by atoms with Crippen molar-refractivity contribution >= 4 is 5.91 Å². The number of piperidine rings is 1. The zero-order valence-electron chi connectivity index (χ0n) is 19.6. The van der Waals surface area contributed by atoms with E-state index in [1.54, 1.807) is 4.90 Å². The van der Waals surface area contributed by atoms with Crippen molar-refractivity contribution in [3.8, 4) is 0 Å². The topological polar surface area (TPSA) is 46.5 Å². The van der Waals surface area contributed by atoms with Crippen LogP contribution < -0.4 is 10.3 Å². The Morgan fingerprint density at radius 2 is 2.00 bits per heavy atom. The third kappa shape index (κ3) is 4.35. The van der Waals surface area contributed by atoms with Gasteiger partial charge in [0.25, 0.3) is 0 Å². The zero-order chi connectivity index (χ0) is 23.9. The van der Waals surface area contributed by atoms with Gasteiger partial charge in [-0.25, -0.2) is 4.98 Å². The molecule has 2 saturated heterocycles. The number of aromatic amines is 1. The number of H-pyrrole nitrogens is 1. The number of nitrogens with zero attached hydrogens (tertiary/aromatic N) is 1. The number of hydrogen-bond acceptors (Lipinski definition) is 2. The average molecular weight is 473 g/mol. The molecule has 1 aromatic carbocycles. The van der Waals surface area contributed by atoms with Crippen LogP contribution in [0.4, 0.5) is 13.2 Å². The third-order valence-electron chi connectivity index (χ3n) is 8.25. The summed E-state index contributed by atoms with van der Waals surface area (Å²) in [6, 6.07) is 13.1. The summed E-state index contributed by atoms with van der Waals surface area (Å²) in [5, 5.41) is 3.42. The van der Waals surface area contributed by atoms with Crippen molar-refractivity contribution in [3.05, 3.63) is 65.0 Å². The number of carbonyl (C=O) groups is 1. The van der Waals surface area contributed by atoms with E-state index in [-0.39, 0.29) is 23.2 Å². The highest BCUT2D eigenvalue weighted by Gasteiger charge is 2.53. The summed E-state index contributed by atoms with van der Waals surface area (Å²) < 4.78 is 40.8. The number of benzene rings is 1. The van der Waals surface area contributed by atoms with Crippen molar-refractivity contribution in [1.29, 1.82) is 0 Å². The molecule has 1 amide bonds. The maximum atomic E-state index is 14.0. The number of hydrogen-bond donors (Lipinski definition) is 1. The summed E-state index contributed by atoms with van der Waals surface area (Å²) in [5.74, 6) is -0.410. The average Bonchev–Trinajstić information content (AvgIpc) is 3.22. The van der Waals surface area contributed by atoms with Crippen LogP contribution in [0.3, 0.4) is 0 Å². The van der Waals surface area contributed by atoms with E-state index in [4.69, 9.17) is 0 Å². The van der Waals surface area contributed by atoms with E-state index < -0.39 is 18.6 Å². The number of fused-ring (bicyclic) bond motifs is 2. The maximum Gasteiger partial charge on any atom is 0.391 e. The molecule has 2 N–H and O–H groups in total. The molecule has 4 nitrogen and oxygen atoms in total. The van der Waals surface area contributed by atoms with Crippen LogP contribution in [0.15, 0.2) is 42.5 Å². The highest BCUT2D eigenvalue weighted by Crippen LogP contribution is 2.46. The Balaban J connectivity index is 1.44. The molecule has 2 fully saturated rings. The first-order chi connectivity index (χ1) is 16.3. The van der Waals surface area contributed by atoms with Crippen molar-refractivity contribution in [2.75, 3.05) is 19.6 Å². The molecular formula is C27H33F3N3O+. The smallest absolute Gasteiger partial charge is 0.339 e. The molecule has 5 rings (SSSR count). The summed E-state index contributed by atoms with van der Waals surface area (Å²) in [4.78, 5) is 19.1. The van der Waals surface area contributed by atoms with E-state index in [1.165, 1.54) is 11.3 Å². The molecule has 3 aliphatic rings. The third-order valence-corrected chi connectivity index (χ3v) is 8.25. The first-order valence-corrected chi connectivity index (χ1v) is 12.4. The van der Waals surface area contributed by atoms with E-state index in [0.717, 1.165) is 30.5 Å². The van der Waals surface area contributed by atoms with E-state index in [0.29, 0.717) is 32.5 Å². The van der Waals surface area contributed by atoms with Gasteiger partial charge in [-0.3, -0.25) is 4.79 Å². The fourth-order valence-corrected chi connectivity index (χ4v) is 6.69. The maximum absolute atomic E-state index is 14.0. The van der Waals surface area contributed by atoms with Gasteiger partial charge in [0.05, 0.1) is 12.3 Å². The van der Waals surface area contributed by atoms with Gasteiger partial charge in [0, 0.05) is 56.1 Å². The molecular weight excluding hydrogens is 439 g/mol. The van der Waals surface area contributed by atoms with E-state index >= 15 is 0 Å². The van der Waals surface area contributed by atoms with Crippen LogP contribution in [-0.4, -0.2) is 42.7 Å². The number of aromatic nitrogens is 1. The Morgan fingerprint density at radius 3 is 2.76 bits per heavy atom.